The van der Waals surface area contributed by atoms with Crippen molar-refractivity contribution in [1.82, 2.24) is 9.88 Å². The van der Waals surface area contributed by atoms with E-state index in [-0.39, 0.29) is 12.1 Å². The monoisotopic (exact) mass is 417 g/mol. The number of ether oxygens (including phenoxy) is 2. The van der Waals surface area contributed by atoms with E-state index in [1.807, 2.05) is 57.2 Å². The van der Waals surface area contributed by atoms with Gasteiger partial charge in [-0.05, 0) is 33.3 Å². The fourth-order valence-corrected chi connectivity index (χ4v) is 3.42. The van der Waals surface area contributed by atoms with Gasteiger partial charge in [-0.3, -0.25) is 0 Å². The number of carbonyl (C=O) groups is 1. The number of aromatic nitrogens is 1. The molecule has 1 aromatic heterocycles. The van der Waals surface area contributed by atoms with Crippen molar-refractivity contribution in [1.29, 1.82) is 0 Å². The highest BCUT2D eigenvalue weighted by Gasteiger charge is 2.30. The molecular formula is C22H28ClN3O3. The quantitative estimate of drug-likeness (QED) is 0.671. The number of anilines is 1. The second kappa shape index (κ2) is 8.91. The van der Waals surface area contributed by atoms with Gasteiger partial charge in [0.15, 0.2) is 0 Å². The summed E-state index contributed by atoms with van der Waals surface area (Å²) in [6, 6.07) is 13.7. The average molecular weight is 418 g/mol. The summed E-state index contributed by atoms with van der Waals surface area (Å²) in [5, 5.41) is 0.382. The predicted molar refractivity (Wildman–Crippen MR) is 115 cm³/mol. The molecule has 0 radical (unpaired) electrons. The van der Waals surface area contributed by atoms with Gasteiger partial charge in [-0.25, -0.2) is 9.78 Å². The zero-order valence-electron chi connectivity index (χ0n) is 17.4. The molecule has 156 valence electrons. The van der Waals surface area contributed by atoms with Crippen LogP contribution in [0.1, 0.15) is 33.3 Å². The van der Waals surface area contributed by atoms with Gasteiger partial charge in [-0.2, -0.15) is 0 Å². The lowest BCUT2D eigenvalue weighted by molar-refractivity contribution is 0.0218. The molecule has 2 heterocycles. The Morgan fingerprint density at radius 1 is 1.21 bits per heavy atom. The maximum Gasteiger partial charge on any atom is 0.410 e. The van der Waals surface area contributed by atoms with Crippen LogP contribution in [0.25, 0.3) is 0 Å². The fourth-order valence-electron chi connectivity index (χ4n) is 3.22. The van der Waals surface area contributed by atoms with Crippen LogP contribution in [0.15, 0.2) is 42.5 Å². The normalized spacial score (nSPS) is 17.2. The summed E-state index contributed by atoms with van der Waals surface area (Å²) in [4.78, 5) is 20.7. The van der Waals surface area contributed by atoms with E-state index in [4.69, 9.17) is 21.1 Å². The van der Waals surface area contributed by atoms with Crippen LogP contribution in [0.3, 0.4) is 0 Å². The number of hydrogen-bond acceptors (Lipinski definition) is 5. The Bertz CT molecular complexity index is 839. The van der Waals surface area contributed by atoms with Crippen LogP contribution < -0.4 is 9.64 Å². The van der Waals surface area contributed by atoms with Crippen LogP contribution in [0, 0.1) is 0 Å². The molecule has 29 heavy (non-hydrogen) atoms. The number of hydrogen-bond donors (Lipinski definition) is 0. The highest BCUT2D eigenvalue weighted by atomic mass is 35.5. The standard InChI is InChI=1S/C22H28ClN3O3/c1-16-14-25(21(27)29-22(2,3)4)10-11-26(16)20-13-18(12-19(23)24-20)28-15-17-8-6-5-7-9-17/h5-9,12-13,16H,10-11,14-15H2,1-4H3/t16-/m1/s1. The van der Waals surface area contributed by atoms with E-state index < -0.39 is 5.60 Å². The Morgan fingerprint density at radius 3 is 2.59 bits per heavy atom. The summed E-state index contributed by atoms with van der Waals surface area (Å²) in [5.41, 5.74) is 0.582. The second-order valence-corrected chi connectivity index (χ2v) is 8.61. The lowest BCUT2D eigenvalue weighted by Crippen LogP contribution is -2.54. The molecule has 0 saturated carbocycles. The van der Waals surface area contributed by atoms with E-state index in [9.17, 15) is 4.79 Å². The third-order valence-electron chi connectivity index (χ3n) is 4.58. The molecular weight excluding hydrogens is 390 g/mol. The third kappa shape index (κ3) is 6.00. The zero-order valence-corrected chi connectivity index (χ0v) is 18.1. The molecule has 1 atom stereocenters. The van der Waals surface area contributed by atoms with Crippen LogP contribution in [0.5, 0.6) is 5.75 Å². The summed E-state index contributed by atoms with van der Waals surface area (Å²) in [6.45, 7) is 9.90. The first-order chi connectivity index (χ1) is 13.7. The van der Waals surface area contributed by atoms with Crippen LogP contribution in [-0.2, 0) is 11.3 Å². The maximum absolute atomic E-state index is 12.4. The van der Waals surface area contributed by atoms with Gasteiger partial charge in [0.1, 0.15) is 28.9 Å². The lowest BCUT2D eigenvalue weighted by atomic mass is 10.2. The Labute approximate surface area is 177 Å². The van der Waals surface area contributed by atoms with Gasteiger partial charge in [-0.15, -0.1) is 0 Å². The van der Waals surface area contributed by atoms with E-state index in [1.165, 1.54) is 0 Å². The first-order valence-electron chi connectivity index (χ1n) is 9.80. The minimum Gasteiger partial charge on any atom is -0.489 e. The van der Waals surface area contributed by atoms with Crippen LogP contribution in [0.2, 0.25) is 5.15 Å². The Kier molecular flexibility index (Phi) is 6.52. The van der Waals surface area contributed by atoms with Crippen LogP contribution >= 0.6 is 11.6 Å². The van der Waals surface area contributed by atoms with Crippen molar-refractivity contribution < 1.29 is 14.3 Å². The first-order valence-corrected chi connectivity index (χ1v) is 10.2. The van der Waals surface area contributed by atoms with E-state index in [2.05, 4.69) is 16.8 Å². The SMILES string of the molecule is C[C@@H]1CN(C(=O)OC(C)(C)C)CCN1c1cc(OCc2ccccc2)cc(Cl)n1. The van der Waals surface area contributed by atoms with E-state index in [0.717, 1.165) is 11.4 Å². The molecule has 1 aliphatic rings. The molecule has 6 nitrogen and oxygen atoms in total. The number of benzene rings is 1. The van der Waals surface area contributed by atoms with Gasteiger partial charge in [0.05, 0.1) is 0 Å². The third-order valence-corrected chi connectivity index (χ3v) is 4.77. The second-order valence-electron chi connectivity index (χ2n) is 8.23. The van der Waals surface area contributed by atoms with Crippen molar-refractivity contribution in [2.75, 3.05) is 24.5 Å². The molecule has 0 spiro atoms. The fraction of sp³-hybridized carbons (Fsp3) is 0.455. The molecule has 3 rings (SSSR count). The molecule has 7 heteroatoms. The molecule has 0 bridgehead atoms. The smallest absolute Gasteiger partial charge is 0.410 e. The topological polar surface area (TPSA) is 54.9 Å². The van der Waals surface area contributed by atoms with Crippen molar-refractivity contribution in [2.45, 2.75) is 45.9 Å². The van der Waals surface area contributed by atoms with Crippen molar-refractivity contribution in [3.05, 3.63) is 53.2 Å². The van der Waals surface area contributed by atoms with E-state index in [0.29, 0.717) is 37.1 Å². The van der Waals surface area contributed by atoms with Gasteiger partial charge in [0.25, 0.3) is 0 Å². The molecule has 1 saturated heterocycles. The molecule has 1 aliphatic heterocycles. The average Bonchev–Trinajstić information content (AvgIpc) is 2.65. The Morgan fingerprint density at radius 2 is 1.93 bits per heavy atom. The summed E-state index contributed by atoms with van der Waals surface area (Å²) < 4.78 is 11.4. The van der Waals surface area contributed by atoms with Crippen molar-refractivity contribution in [2.24, 2.45) is 0 Å². The Balaban J connectivity index is 1.66. The van der Waals surface area contributed by atoms with Crippen LogP contribution in [0.4, 0.5) is 10.6 Å². The molecule has 1 amide bonds. The molecule has 0 aliphatic carbocycles. The number of halogens is 1. The largest absolute Gasteiger partial charge is 0.489 e. The Hall–Kier alpha value is -2.47. The number of piperazine rings is 1. The van der Waals surface area contributed by atoms with Crippen LogP contribution in [-0.4, -0.2) is 47.3 Å². The van der Waals surface area contributed by atoms with Gasteiger partial charge >= 0.3 is 6.09 Å². The number of carbonyl (C=O) groups excluding carboxylic acids is 1. The maximum atomic E-state index is 12.4. The van der Waals surface area contributed by atoms with Crippen molar-refractivity contribution in [3.8, 4) is 5.75 Å². The lowest BCUT2D eigenvalue weighted by Gasteiger charge is -2.40. The van der Waals surface area contributed by atoms with E-state index in [1.54, 1.807) is 11.0 Å². The van der Waals surface area contributed by atoms with E-state index >= 15 is 0 Å². The van der Waals surface area contributed by atoms with Crippen molar-refractivity contribution in [3.63, 3.8) is 0 Å². The summed E-state index contributed by atoms with van der Waals surface area (Å²) in [7, 11) is 0. The van der Waals surface area contributed by atoms with Gasteiger partial charge in [0, 0.05) is 37.8 Å². The highest BCUT2D eigenvalue weighted by molar-refractivity contribution is 6.29. The zero-order chi connectivity index (χ0) is 21.0. The highest BCUT2D eigenvalue weighted by Crippen LogP contribution is 2.27. The summed E-state index contributed by atoms with van der Waals surface area (Å²) in [5.74, 6) is 1.42. The number of pyridine rings is 1. The first kappa shape index (κ1) is 21.2. The summed E-state index contributed by atoms with van der Waals surface area (Å²) in [6.07, 6.45) is -0.282. The number of rotatable bonds is 4. The molecule has 2 aromatic rings. The summed E-state index contributed by atoms with van der Waals surface area (Å²) >= 11 is 6.25. The number of amides is 1. The minimum atomic E-state index is -0.503. The predicted octanol–water partition coefficient (Wildman–Crippen LogP) is 4.76. The van der Waals surface area contributed by atoms with Gasteiger partial charge < -0.3 is 19.3 Å². The molecule has 1 aromatic carbocycles. The van der Waals surface area contributed by atoms with Gasteiger partial charge in [0.2, 0.25) is 0 Å². The number of nitrogens with zero attached hydrogens (tertiary/aromatic N) is 3. The van der Waals surface area contributed by atoms with Crippen molar-refractivity contribution >= 4 is 23.5 Å². The molecule has 0 N–H and O–H groups in total. The molecule has 0 unspecified atom stereocenters. The molecule has 1 fully saturated rings. The van der Waals surface area contributed by atoms with Gasteiger partial charge in [-0.1, -0.05) is 41.9 Å². The minimum absolute atomic E-state index is 0.0733.